The molecular weight excluding hydrogens is 236 g/mol. The molecule has 0 saturated carbocycles. The smallest absolute Gasteiger partial charge is 0.134 e. The summed E-state index contributed by atoms with van der Waals surface area (Å²) in [6.45, 7) is 6.38. The molecule has 3 rings (SSSR count). The molecule has 3 nitrogen and oxygen atoms in total. The van der Waals surface area contributed by atoms with Gasteiger partial charge in [-0.25, -0.2) is 0 Å². The molecule has 3 unspecified atom stereocenters. The van der Waals surface area contributed by atoms with Crippen LogP contribution in [0, 0.1) is 5.92 Å². The third kappa shape index (κ3) is 2.17. The number of furan rings is 1. The Balaban J connectivity index is 1.98. The fraction of sp³-hybridized carbons (Fsp3) is 0.500. The topological polar surface area (TPSA) is 42.4 Å². The van der Waals surface area contributed by atoms with Gasteiger partial charge in [-0.15, -0.1) is 0 Å². The highest BCUT2D eigenvalue weighted by atomic mass is 16.3. The number of benzene rings is 1. The van der Waals surface area contributed by atoms with Crippen molar-refractivity contribution in [3.8, 4) is 0 Å². The normalized spacial score (nSPS) is 26.1. The molecule has 1 aromatic carbocycles. The van der Waals surface area contributed by atoms with Crippen molar-refractivity contribution < 1.29 is 4.42 Å². The maximum Gasteiger partial charge on any atom is 0.134 e. The van der Waals surface area contributed by atoms with E-state index in [9.17, 15) is 0 Å². The van der Waals surface area contributed by atoms with Crippen molar-refractivity contribution >= 4 is 11.0 Å². The Hall–Kier alpha value is -1.32. The Labute approximate surface area is 114 Å². The molecule has 3 heteroatoms. The SMILES string of the molecule is CC1CC(C)N(C(CN)c2coc3ccccc23)C1. The molecule has 102 valence electrons. The minimum Gasteiger partial charge on any atom is -0.464 e. The van der Waals surface area contributed by atoms with E-state index in [1.807, 2.05) is 18.4 Å². The summed E-state index contributed by atoms with van der Waals surface area (Å²) < 4.78 is 5.67. The molecule has 1 aliphatic rings. The predicted octanol–water partition coefficient (Wildman–Crippen LogP) is 3.16. The summed E-state index contributed by atoms with van der Waals surface area (Å²) >= 11 is 0. The molecule has 0 amide bonds. The van der Waals surface area contributed by atoms with Crippen LogP contribution in [0.4, 0.5) is 0 Å². The lowest BCUT2D eigenvalue weighted by Crippen LogP contribution is -2.36. The molecule has 0 spiro atoms. The summed E-state index contributed by atoms with van der Waals surface area (Å²) in [4.78, 5) is 2.53. The van der Waals surface area contributed by atoms with Gasteiger partial charge >= 0.3 is 0 Å². The van der Waals surface area contributed by atoms with Gasteiger partial charge in [-0.3, -0.25) is 4.90 Å². The van der Waals surface area contributed by atoms with Gasteiger partial charge in [0, 0.05) is 30.1 Å². The van der Waals surface area contributed by atoms with Gasteiger partial charge in [0.1, 0.15) is 5.58 Å². The highest BCUT2D eigenvalue weighted by Gasteiger charge is 2.33. The molecule has 1 fully saturated rings. The van der Waals surface area contributed by atoms with Crippen LogP contribution < -0.4 is 5.73 Å². The Bertz CT molecular complexity index is 563. The number of likely N-dealkylation sites (tertiary alicyclic amines) is 1. The van der Waals surface area contributed by atoms with E-state index < -0.39 is 0 Å². The van der Waals surface area contributed by atoms with E-state index in [4.69, 9.17) is 10.2 Å². The number of para-hydroxylation sites is 1. The molecule has 1 aliphatic heterocycles. The summed E-state index contributed by atoms with van der Waals surface area (Å²) in [5.41, 5.74) is 8.25. The first-order valence-electron chi connectivity index (χ1n) is 7.12. The van der Waals surface area contributed by atoms with Gasteiger partial charge < -0.3 is 10.2 Å². The predicted molar refractivity (Wildman–Crippen MR) is 78.0 cm³/mol. The third-order valence-corrected chi connectivity index (χ3v) is 4.33. The second kappa shape index (κ2) is 4.99. The van der Waals surface area contributed by atoms with Crippen LogP contribution in [0.5, 0.6) is 0 Å². The van der Waals surface area contributed by atoms with E-state index in [0.29, 0.717) is 12.6 Å². The van der Waals surface area contributed by atoms with Gasteiger partial charge in [-0.2, -0.15) is 0 Å². The van der Waals surface area contributed by atoms with E-state index in [2.05, 4.69) is 30.9 Å². The molecule has 1 aromatic heterocycles. The lowest BCUT2D eigenvalue weighted by atomic mass is 10.0. The molecule has 0 aliphatic carbocycles. The highest BCUT2D eigenvalue weighted by molar-refractivity contribution is 5.81. The molecule has 2 aromatic rings. The van der Waals surface area contributed by atoms with Crippen molar-refractivity contribution in [2.45, 2.75) is 32.4 Å². The van der Waals surface area contributed by atoms with Crippen LogP contribution in [0.25, 0.3) is 11.0 Å². The lowest BCUT2D eigenvalue weighted by Gasteiger charge is -2.30. The Kier molecular flexibility index (Phi) is 3.33. The number of rotatable bonds is 3. The lowest BCUT2D eigenvalue weighted by molar-refractivity contribution is 0.192. The monoisotopic (exact) mass is 258 g/mol. The van der Waals surface area contributed by atoms with E-state index in [-0.39, 0.29) is 6.04 Å². The van der Waals surface area contributed by atoms with Crippen molar-refractivity contribution in [1.29, 1.82) is 0 Å². The molecule has 1 saturated heterocycles. The van der Waals surface area contributed by atoms with Crippen molar-refractivity contribution in [3.05, 3.63) is 36.1 Å². The van der Waals surface area contributed by atoms with Crippen LogP contribution in [0.15, 0.2) is 34.9 Å². The summed E-state index contributed by atoms with van der Waals surface area (Å²) in [5.74, 6) is 0.752. The maximum absolute atomic E-state index is 6.06. The molecule has 2 N–H and O–H groups in total. The average Bonchev–Trinajstić information content (AvgIpc) is 2.96. The van der Waals surface area contributed by atoms with Crippen LogP contribution in [-0.2, 0) is 0 Å². The average molecular weight is 258 g/mol. The Morgan fingerprint density at radius 1 is 1.37 bits per heavy atom. The van der Waals surface area contributed by atoms with Crippen LogP contribution in [0.1, 0.15) is 31.9 Å². The molecular formula is C16H22N2O. The number of fused-ring (bicyclic) bond motifs is 1. The molecule has 2 heterocycles. The van der Waals surface area contributed by atoms with Crippen molar-refractivity contribution in [3.63, 3.8) is 0 Å². The van der Waals surface area contributed by atoms with E-state index in [1.54, 1.807) is 0 Å². The first kappa shape index (κ1) is 12.7. The van der Waals surface area contributed by atoms with Gasteiger partial charge in [-0.1, -0.05) is 25.1 Å². The van der Waals surface area contributed by atoms with Gasteiger partial charge in [-0.05, 0) is 25.3 Å². The summed E-state index contributed by atoms with van der Waals surface area (Å²) in [6.07, 6.45) is 3.14. The minimum absolute atomic E-state index is 0.267. The van der Waals surface area contributed by atoms with Crippen molar-refractivity contribution in [2.24, 2.45) is 11.7 Å². The zero-order chi connectivity index (χ0) is 13.4. The standard InChI is InChI=1S/C16H22N2O/c1-11-7-12(2)18(9-11)15(8-17)14-10-19-16-6-4-3-5-13(14)16/h3-6,10-12,15H,7-9,17H2,1-2H3. The van der Waals surface area contributed by atoms with Crippen molar-refractivity contribution in [1.82, 2.24) is 4.90 Å². The fourth-order valence-corrected chi connectivity index (χ4v) is 3.46. The van der Waals surface area contributed by atoms with Gasteiger partial charge in [0.15, 0.2) is 0 Å². The quantitative estimate of drug-likeness (QED) is 0.919. The Morgan fingerprint density at radius 2 is 2.16 bits per heavy atom. The zero-order valence-corrected chi connectivity index (χ0v) is 11.7. The second-order valence-electron chi connectivity index (χ2n) is 5.83. The first-order chi connectivity index (χ1) is 9.20. The van der Waals surface area contributed by atoms with Gasteiger partial charge in [0.05, 0.1) is 12.3 Å². The Morgan fingerprint density at radius 3 is 2.84 bits per heavy atom. The van der Waals surface area contributed by atoms with Crippen LogP contribution in [0.2, 0.25) is 0 Å². The summed E-state index contributed by atoms with van der Waals surface area (Å²) in [7, 11) is 0. The number of nitrogens with two attached hydrogens (primary N) is 1. The summed E-state index contributed by atoms with van der Waals surface area (Å²) in [5, 5.41) is 1.20. The third-order valence-electron chi connectivity index (χ3n) is 4.33. The van der Waals surface area contributed by atoms with Crippen molar-refractivity contribution in [2.75, 3.05) is 13.1 Å². The number of hydrogen-bond donors (Lipinski definition) is 1. The van der Waals surface area contributed by atoms with E-state index >= 15 is 0 Å². The molecule has 3 atom stereocenters. The minimum atomic E-state index is 0.267. The van der Waals surface area contributed by atoms with Crippen LogP contribution in [-0.4, -0.2) is 24.0 Å². The van der Waals surface area contributed by atoms with Crippen LogP contribution in [0.3, 0.4) is 0 Å². The first-order valence-corrected chi connectivity index (χ1v) is 7.12. The second-order valence-corrected chi connectivity index (χ2v) is 5.83. The summed E-state index contributed by atoms with van der Waals surface area (Å²) in [6, 6.07) is 9.07. The van der Waals surface area contributed by atoms with Gasteiger partial charge in [0.25, 0.3) is 0 Å². The molecule has 0 radical (unpaired) electrons. The van der Waals surface area contributed by atoms with Crippen LogP contribution >= 0.6 is 0 Å². The molecule has 19 heavy (non-hydrogen) atoms. The van der Waals surface area contributed by atoms with Gasteiger partial charge in [0.2, 0.25) is 0 Å². The van der Waals surface area contributed by atoms with E-state index in [1.165, 1.54) is 17.4 Å². The number of nitrogens with zero attached hydrogens (tertiary/aromatic N) is 1. The zero-order valence-electron chi connectivity index (χ0n) is 11.7. The number of hydrogen-bond acceptors (Lipinski definition) is 3. The molecule has 0 bridgehead atoms. The highest BCUT2D eigenvalue weighted by Crippen LogP contribution is 2.35. The maximum atomic E-state index is 6.06. The largest absolute Gasteiger partial charge is 0.464 e. The fourth-order valence-electron chi connectivity index (χ4n) is 3.46. The van der Waals surface area contributed by atoms with E-state index in [0.717, 1.165) is 18.0 Å².